The number of amides is 1. The predicted octanol–water partition coefficient (Wildman–Crippen LogP) is 2.30. The largest absolute Gasteiger partial charge is 0.393 e. The molecule has 1 unspecified atom stereocenters. The number of hydrogen-bond donors (Lipinski definition) is 1. The van der Waals surface area contributed by atoms with Gasteiger partial charge in [0.05, 0.1) is 4.99 Å². The highest BCUT2D eigenvalue weighted by Gasteiger charge is 2.16. The predicted molar refractivity (Wildman–Crippen MR) is 78.8 cm³/mol. The zero-order valence-corrected chi connectivity index (χ0v) is 12.2. The summed E-state index contributed by atoms with van der Waals surface area (Å²) in [6.07, 6.45) is 0. The normalized spacial score (nSPS) is 12.0. The smallest absolute Gasteiger partial charge is 0.253 e. The van der Waals surface area contributed by atoms with Gasteiger partial charge in [0.25, 0.3) is 5.91 Å². The van der Waals surface area contributed by atoms with Crippen molar-refractivity contribution in [3.05, 3.63) is 34.9 Å². The lowest BCUT2D eigenvalue weighted by molar-refractivity contribution is 0.0787. The molecule has 1 aromatic carbocycles. The van der Waals surface area contributed by atoms with E-state index in [0.717, 1.165) is 5.56 Å². The van der Waals surface area contributed by atoms with Crippen molar-refractivity contribution in [3.8, 4) is 0 Å². The number of nitrogens with two attached hydrogens (primary N) is 1. The van der Waals surface area contributed by atoms with Gasteiger partial charge in [-0.2, -0.15) is 0 Å². The summed E-state index contributed by atoms with van der Waals surface area (Å²) in [4.78, 5) is 14.3. The second-order valence-electron chi connectivity index (χ2n) is 4.79. The Balaban J connectivity index is 2.80. The third kappa shape index (κ3) is 3.53. The van der Waals surface area contributed by atoms with Crippen LogP contribution < -0.4 is 5.73 Å². The van der Waals surface area contributed by atoms with Crippen LogP contribution in [-0.4, -0.2) is 29.4 Å². The standard InChI is InChI=1S/C14H20N2OS/c1-9-5-6-12(7-10(9)2)14(17)16(4)8-11(3)13(15)18/h5-7,11H,8H2,1-4H3,(H2,15,18). The summed E-state index contributed by atoms with van der Waals surface area (Å²) in [6.45, 7) is 6.50. The van der Waals surface area contributed by atoms with Gasteiger partial charge in [-0.3, -0.25) is 4.79 Å². The molecule has 1 aromatic rings. The number of nitrogens with zero attached hydrogens (tertiary/aromatic N) is 1. The van der Waals surface area contributed by atoms with Crippen LogP contribution in [0.5, 0.6) is 0 Å². The molecule has 0 aliphatic rings. The summed E-state index contributed by atoms with van der Waals surface area (Å²) >= 11 is 4.92. The van der Waals surface area contributed by atoms with Gasteiger partial charge in [0, 0.05) is 25.1 Å². The Kier molecular flexibility index (Phi) is 4.84. The van der Waals surface area contributed by atoms with Crippen molar-refractivity contribution in [2.24, 2.45) is 11.7 Å². The summed E-state index contributed by atoms with van der Waals surface area (Å²) in [5.41, 5.74) is 8.57. The van der Waals surface area contributed by atoms with Crippen LogP contribution in [0.2, 0.25) is 0 Å². The summed E-state index contributed by atoms with van der Waals surface area (Å²) in [5, 5.41) is 0. The van der Waals surface area contributed by atoms with Crippen LogP contribution in [-0.2, 0) is 0 Å². The highest BCUT2D eigenvalue weighted by molar-refractivity contribution is 7.80. The number of carbonyl (C=O) groups is 1. The van der Waals surface area contributed by atoms with Gasteiger partial charge in [-0.1, -0.05) is 25.2 Å². The minimum Gasteiger partial charge on any atom is -0.393 e. The lowest BCUT2D eigenvalue weighted by Crippen LogP contribution is -2.35. The van der Waals surface area contributed by atoms with Crippen molar-refractivity contribution >= 4 is 23.1 Å². The van der Waals surface area contributed by atoms with Crippen LogP contribution in [0.1, 0.15) is 28.4 Å². The average molecular weight is 264 g/mol. The van der Waals surface area contributed by atoms with E-state index in [2.05, 4.69) is 0 Å². The lowest BCUT2D eigenvalue weighted by atomic mass is 10.1. The van der Waals surface area contributed by atoms with Crippen molar-refractivity contribution in [1.29, 1.82) is 0 Å². The van der Waals surface area contributed by atoms with Gasteiger partial charge >= 0.3 is 0 Å². The second kappa shape index (κ2) is 5.96. The molecule has 0 aromatic heterocycles. The topological polar surface area (TPSA) is 46.3 Å². The van der Waals surface area contributed by atoms with E-state index < -0.39 is 0 Å². The Labute approximate surface area is 114 Å². The first-order valence-corrected chi connectivity index (χ1v) is 6.35. The van der Waals surface area contributed by atoms with Crippen LogP contribution >= 0.6 is 12.2 Å². The Morgan fingerprint density at radius 2 is 2.00 bits per heavy atom. The second-order valence-corrected chi connectivity index (χ2v) is 5.26. The molecule has 0 spiro atoms. The van der Waals surface area contributed by atoms with Gasteiger partial charge in [-0.05, 0) is 37.1 Å². The van der Waals surface area contributed by atoms with Gasteiger partial charge < -0.3 is 10.6 Å². The monoisotopic (exact) mass is 264 g/mol. The quantitative estimate of drug-likeness (QED) is 0.849. The summed E-state index contributed by atoms with van der Waals surface area (Å²) < 4.78 is 0. The fourth-order valence-corrected chi connectivity index (χ4v) is 1.75. The van der Waals surface area contributed by atoms with Crippen molar-refractivity contribution in [3.63, 3.8) is 0 Å². The Morgan fingerprint density at radius 1 is 1.39 bits per heavy atom. The molecule has 2 N–H and O–H groups in total. The molecular weight excluding hydrogens is 244 g/mol. The van der Waals surface area contributed by atoms with E-state index in [-0.39, 0.29) is 11.8 Å². The molecule has 1 atom stereocenters. The molecule has 0 aliphatic heterocycles. The summed E-state index contributed by atoms with van der Waals surface area (Å²) in [6, 6.07) is 5.74. The molecule has 0 aliphatic carbocycles. The van der Waals surface area contributed by atoms with Crippen molar-refractivity contribution < 1.29 is 4.79 Å². The van der Waals surface area contributed by atoms with Crippen LogP contribution in [0.4, 0.5) is 0 Å². The van der Waals surface area contributed by atoms with Crippen LogP contribution in [0.3, 0.4) is 0 Å². The lowest BCUT2D eigenvalue weighted by Gasteiger charge is -2.21. The Morgan fingerprint density at radius 3 is 2.50 bits per heavy atom. The van der Waals surface area contributed by atoms with E-state index in [0.29, 0.717) is 17.1 Å². The number of aryl methyl sites for hydroxylation is 2. The maximum Gasteiger partial charge on any atom is 0.253 e. The molecule has 0 saturated heterocycles. The Hall–Kier alpha value is -1.42. The third-order valence-corrected chi connectivity index (χ3v) is 3.54. The molecule has 0 saturated carbocycles. The third-order valence-electron chi connectivity index (χ3n) is 3.13. The fraction of sp³-hybridized carbons (Fsp3) is 0.429. The first-order valence-electron chi connectivity index (χ1n) is 5.95. The van der Waals surface area contributed by atoms with Crippen molar-refractivity contribution in [1.82, 2.24) is 4.90 Å². The first-order chi connectivity index (χ1) is 8.32. The van der Waals surface area contributed by atoms with Gasteiger partial charge in [0.15, 0.2) is 0 Å². The zero-order chi connectivity index (χ0) is 13.9. The molecule has 0 bridgehead atoms. The van der Waals surface area contributed by atoms with E-state index in [1.54, 1.807) is 11.9 Å². The van der Waals surface area contributed by atoms with Gasteiger partial charge in [-0.15, -0.1) is 0 Å². The van der Waals surface area contributed by atoms with Crippen LogP contribution in [0, 0.1) is 19.8 Å². The number of thiocarbonyl (C=S) groups is 1. The molecule has 98 valence electrons. The molecule has 4 heteroatoms. The minimum atomic E-state index is 0.00111. The highest BCUT2D eigenvalue weighted by Crippen LogP contribution is 2.12. The average Bonchev–Trinajstić information content (AvgIpc) is 2.31. The highest BCUT2D eigenvalue weighted by atomic mass is 32.1. The van der Waals surface area contributed by atoms with Crippen molar-refractivity contribution in [2.75, 3.05) is 13.6 Å². The number of benzene rings is 1. The Bertz CT molecular complexity index is 471. The molecule has 1 amide bonds. The molecule has 0 radical (unpaired) electrons. The number of rotatable bonds is 4. The molecular formula is C14H20N2OS. The maximum absolute atomic E-state index is 12.2. The zero-order valence-electron chi connectivity index (χ0n) is 11.4. The van der Waals surface area contributed by atoms with E-state index in [1.165, 1.54) is 5.56 Å². The molecule has 1 rings (SSSR count). The van der Waals surface area contributed by atoms with Crippen molar-refractivity contribution in [2.45, 2.75) is 20.8 Å². The minimum absolute atomic E-state index is 0.00111. The van der Waals surface area contributed by atoms with E-state index in [4.69, 9.17) is 18.0 Å². The first kappa shape index (κ1) is 14.6. The molecule has 3 nitrogen and oxygen atoms in total. The number of carbonyl (C=O) groups excluding carboxylic acids is 1. The fourth-order valence-electron chi connectivity index (χ4n) is 1.68. The summed E-state index contributed by atoms with van der Waals surface area (Å²) in [7, 11) is 1.77. The molecule has 18 heavy (non-hydrogen) atoms. The van der Waals surface area contributed by atoms with E-state index in [1.807, 2.05) is 39.0 Å². The van der Waals surface area contributed by atoms with E-state index >= 15 is 0 Å². The van der Waals surface area contributed by atoms with Gasteiger partial charge in [-0.25, -0.2) is 0 Å². The van der Waals surface area contributed by atoms with Gasteiger partial charge in [0.1, 0.15) is 0 Å². The number of hydrogen-bond acceptors (Lipinski definition) is 2. The maximum atomic E-state index is 12.2. The molecule has 0 fully saturated rings. The SMILES string of the molecule is Cc1ccc(C(=O)N(C)CC(C)C(N)=S)cc1C. The van der Waals surface area contributed by atoms with Crippen LogP contribution in [0.15, 0.2) is 18.2 Å². The molecule has 0 heterocycles. The van der Waals surface area contributed by atoms with Crippen LogP contribution in [0.25, 0.3) is 0 Å². The summed E-state index contributed by atoms with van der Waals surface area (Å²) in [5.74, 6) is 0.0293. The van der Waals surface area contributed by atoms with Gasteiger partial charge in [0.2, 0.25) is 0 Å². The van der Waals surface area contributed by atoms with E-state index in [9.17, 15) is 4.79 Å².